The van der Waals surface area contributed by atoms with E-state index >= 15 is 0 Å². The summed E-state index contributed by atoms with van der Waals surface area (Å²) in [6.07, 6.45) is 0.890. The molecule has 0 radical (unpaired) electrons. The second kappa shape index (κ2) is 9.40. The second-order valence-electron chi connectivity index (χ2n) is 7.94. The molecule has 1 N–H and O–H groups in total. The number of rotatable bonds is 6. The van der Waals surface area contributed by atoms with E-state index in [9.17, 15) is 9.59 Å². The molecule has 1 aliphatic heterocycles. The van der Waals surface area contributed by atoms with Crippen LogP contribution < -0.4 is 10.2 Å². The lowest BCUT2D eigenvalue weighted by Crippen LogP contribution is -2.30. The van der Waals surface area contributed by atoms with Crippen LogP contribution in [0, 0.1) is 0 Å². The quantitative estimate of drug-likeness (QED) is 0.507. The van der Waals surface area contributed by atoms with Gasteiger partial charge >= 0.3 is 0 Å². The third-order valence-corrected chi connectivity index (χ3v) is 6.56. The molecule has 0 saturated carbocycles. The Bertz CT molecular complexity index is 1090. The van der Waals surface area contributed by atoms with E-state index < -0.39 is 0 Å². The lowest BCUT2D eigenvalue weighted by molar-refractivity contribution is -0.116. The number of carbonyl (C=O) groups excluding carboxylic acids is 2. The Labute approximate surface area is 187 Å². The van der Waals surface area contributed by atoms with Crippen LogP contribution in [-0.2, 0) is 11.2 Å². The topological polar surface area (TPSA) is 49.4 Å². The van der Waals surface area contributed by atoms with Gasteiger partial charge in [-0.1, -0.05) is 56.3 Å². The number of amides is 2. The monoisotopic (exact) mass is 430 g/mol. The molecule has 4 nitrogen and oxygen atoms in total. The summed E-state index contributed by atoms with van der Waals surface area (Å²) in [5, 5.41) is 2.97. The van der Waals surface area contributed by atoms with Gasteiger partial charge in [0.25, 0.3) is 5.91 Å². The standard InChI is InChI=1S/C26H26N2O2S/c1-18(2)19-11-13-21(14-12-19)27-26(30)22-8-4-6-10-24(22)31-17-25(29)28-16-15-20-7-3-5-9-23(20)28/h3-14,18H,15-17H2,1-2H3,(H,27,30). The fraction of sp³-hybridized carbons (Fsp3) is 0.231. The van der Waals surface area contributed by atoms with Crippen molar-refractivity contribution in [2.24, 2.45) is 0 Å². The van der Waals surface area contributed by atoms with Crippen molar-refractivity contribution in [2.75, 3.05) is 22.5 Å². The highest BCUT2D eigenvalue weighted by Gasteiger charge is 2.24. The molecule has 158 valence electrons. The van der Waals surface area contributed by atoms with E-state index in [2.05, 4.69) is 25.2 Å². The summed E-state index contributed by atoms with van der Waals surface area (Å²) in [6, 6.07) is 23.4. The molecule has 3 aromatic rings. The summed E-state index contributed by atoms with van der Waals surface area (Å²) >= 11 is 1.41. The normalized spacial score (nSPS) is 12.7. The minimum Gasteiger partial charge on any atom is -0.322 e. The van der Waals surface area contributed by atoms with Gasteiger partial charge in [0.1, 0.15) is 0 Å². The summed E-state index contributed by atoms with van der Waals surface area (Å²) in [5.74, 6) is 0.637. The lowest BCUT2D eigenvalue weighted by Gasteiger charge is -2.17. The Morgan fingerprint density at radius 2 is 1.68 bits per heavy atom. The predicted molar refractivity (Wildman–Crippen MR) is 128 cm³/mol. The second-order valence-corrected chi connectivity index (χ2v) is 8.96. The number of thioether (sulfide) groups is 1. The summed E-state index contributed by atoms with van der Waals surface area (Å²) < 4.78 is 0. The Balaban J connectivity index is 1.42. The minimum absolute atomic E-state index is 0.0643. The minimum atomic E-state index is -0.167. The van der Waals surface area contributed by atoms with Gasteiger partial charge < -0.3 is 10.2 Å². The zero-order valence-corrected chi connectivity index (χ0v) is 18.6. The molecule has 0 atom stereocenters. The number of hydrogen-bond donors (Lipinski definition) is 1. The molecule has 1 heterocycles. The van der Waals surface area contributed by atoms with Gasteiger partial charge in [-0.3, -0.25) is 9.59 Å². The molecular formula is C26H26N2O2S. The van der Waals surface area contributed by atoms with E-state index in [4.69, 9.17) is 0 Å². The number of carbonyl (C=O) groups is 2. The van der Waals surface area contributed by atoms with E-state index in [-0.39, 0.29) is 11.8 Å². The molecule has 0 saturated heterocycles. The molecule has 4 rings (SSSR count). The van der Waals surface area contributed by atoms with Crippen molar-refractivity contribution in [2.45, 2.75) is 31.1 Å². The lowest BCUT2D eigenvalue weighted by atomic mass is 10.0. The van der Waals surface area contributed by atoms with Crippen LogP contribution in [0.15, 0.2) is 77.7 Å². The Morgan fingerprint density at radius 1 is 0.968 bits per heavy atom. The molecule has 1 aliphatic rings. The van der Waals surface area contributed by atoms with E-state index in [0.29, 0.717) is 23.8 Å². The average molecular weight is 431 g/mol. The maximum Gasteiger partial charge on any atom is 0.256 e. The molecule has 0 spiro atoms. The average Bonchev–Trinajstić information content (AvgIpc) is 3.22. The summed E-state index contributed by atoms with van der Waals surface area (Å²) in [4.78, 5) is 28.4. The number of nitrogens with zero attached hydrogens (tertiary/aromatic N) is 1. The highest BCUT2D eigenvalue weighted by Crippen LogP contribution is 2.30. The molecule has 31 heavy (non-hydrogen) atoms. The van der Waals surface area contributed by atoms with Gasteiger partial charge in [0.15, 0.2) is 0 Å². The molecule has 5 heteroatoms. The highest BCUT2D eigenvalue weighted by atomic mass is 32.2. The Kier molecular flexibility index (Phi) is 6.42. The maximum atomic E-state index is 12.9. The van der Waals surface area contributed by atoms with Crippen molar-refractivity contribution in [1.82, 2.24) is 0 Å². The van der Waals surface area contributed by atoms with Gasteiger partial charge in [-0.2, -0.15) is 0 Å². The summed E-state index contributed by atoms with van der Waals surface area (Å²) in [5.41, 5.74) is 4.79. The van der Waals surface area contributed by atoms with Crippen LogP contribution in [-0.4, -0.2) is 24.1 Å². The number of para-hydroxylation sites is 1. The first kappa shape index (κ1) is 21.2. The van der Waals surface area contributed by atoms with Crippen LogP contribution >= 0.6 is 11.8 Å². The van der Waals surface area contributed by atoms with Gasteiger partial charge in [0.2, 0.25) is 5.91 Å². The fourth-order valence-corrected chi connectivity index (χ4v) is 4.67. The van der Waals surface area contributed by atoms with Crippen molar-refractivity contribution in [3.05, 3.63) is 89.5 Å². The molecule has 0 unspecified atom stereocenters. The van der Waals surface area contributed by atoms with Crippen LogP contribution in [0.25, 0.3) is 0 Å². The number of benzene rings is 3. The first-order chi connectivity index (χ1) is 15.0. The van der Waals surface area contributed by atoms with Crippen LogP contribution in [0.4, 0.5) is 11.4 Å². The van der Waals surface area contributed by atoms with Crippen LogP contribution in [0.1, 0.15) is 41.3 Å². The zero-order chi connectivity index (χ0) is 21.8. The summed E-state index contributed by atoms with van der Waals surface area (Å²) in [6.45, 7) is 5.00. The molecule has 2 amide bonds. The Morgan fingerprint density at radius 3 is 2.45 bits per heavy atom. The number of hydrogen-bond acceptors (Lipinski definition) is 3. The van der Waals surface area contributed by atoms with E-state index in [0.717, 1.165) is 22.7 Å². The van der Waals surface area contributed by atoms with Crippen molar-refractivity contribution in [3.8, 4) is 0 Å². The van der Waals surface area contributed by atoms with Crippen molar-refractivity contribution >= 4 is 35.0 Å². The highest BCUT2D eigenvalue weighted by molar-refractivity contribution is 8.00. The van der Waals surface area contributed by atoms with Crippen molar-refractivity contribution < 1.29 is 9.59 Å². The van der Waals surface area contributed by atoms with Crippen molar-refractivity contribution in [3.63, 3.8) is 0 Å². The van der Waals surface area contributed by atoms with E-state index in [1.54, 1.807) is 6.07 Å². The van der Waals surface area contributed by atoms with Gasteiger partial charge in [0, 0.05) is 22.8 Å². The van der Waals surface area contributed by atoms with Gasteiger partial charge in [-0.15, -0.1) is 11.8 Å². The molecule has 0 fully saturated rings. The van der Waals surface area contributed by atoms with Gasteiger partial charge in [0.05, 0.1) is 11.3 Å². The Hall–Kier alpha value is -3.05. The third kappa shape index (κ3) is 4.83. The SMILES string of the molecule is CC(C)c1ccc(NC(=O)c2ccccc2SCC(=O)N2CCc3ccccc32)cc1. The van der Waals surface area contributed by atoms with E-state index in [1.165, 1.54) is 22.9 Å². The summed E-state index contributed by atoms with van der Waals surface area (Å²) in [7, 11) is 0. The molecular weight excluding hydrogens is 404 g/mol. The van der Waals surface area contributed by atoms with Crippen LogP contribution in [0.2, 0.25) is 0 Å². The van der Waals surface area contributed by atoms with Crippen LogP contribution in [0.3, 0.4) is 0 Å². The smallest absolute Gasteiger partial charge is 0.256 e. The first-order valence-electron chi connectivity index (χ1n) is 10.5. The largest absolute Gasteiger partial charge is 0.322 e. The fourth-order valence-electron chi connectivity index (χ4n) is 3.74. The number of fused-ring (bicyclic) bond motifs is 1. The first-order valence-corrected chi connectivity index (χ1v) is 11.5. The van der Waals surface area contributed by atoms with Gasteiger partial charge in [-0.05, 0) is 53.8 Å². The molecule has 3 aromatic carbocycles. The zero-order valence-electron chi connectivity index (χ0n) is 17.8. The van der Waals surface area contributed by atoms with E-state index in [1.807, 2.05) is 65.6 Å². The van der Waals surface area contributed by atoms with Crippen molar-refractivity contribution in [1.29, 1.82) is 0 Å². The predicted octanol–water partition coefficient (Wildman–Crippen LogP) is 5.74. The number of anilines is 2. The molecule has 0 aliphatic carbocycles. The molecule has 0 bridgehead atoms. The number of nitrogens with one attached hydrogen (secondary N) is 1. The third-order valence-electron chi connectivity index (χ3n) is 5.51. The van der Waals surface area contributed by atoms with Gasteiger partial charge in [-0.25, -0.2) is 0 Å². The molecule has 0 aromatic heterocycles. The maximum absolute atomic E-state index is 12.9. The van der Waals surface area contributed by atoms with Crippen LogP contribution in [0.5, 0.6) is 0 Å².